The standard InChI is InChI=1S/C6H13NO2S/c1-2-4(10)3-5(7)6(8)9/h4-5,10H,2-3,7H2,1H3,(H,8,9). The second-order valence-electron chi connectivity index (χ2n) is 2.24. The Bertz CT molecular complexity index is 118. The van der Waals surface area contributed by atoms with E-state index in [0.29, 0.717) is 6.42 Å². The largest absolute Gasteiger partial charge is 0.480 e. The third kappa shape index (κ3) is 3.74. The fraction of sp³-hybridized carbons (Fsp3) is 0.833. The fourth-order valence-corrected chi connectivity index (χ4v) is 0.788. The van der Waals surface area contributed by atoms with Gasteiger partial charge in [0.05, 0.1) is 0 Å². The molecule has 0 aromatic heterocycles. The van der Waals surface area contributed by atoms with Gasteiger partial charge in [0.15, 0.2) is 0 Å². The van der Waals surface area contributed by atoms with Gasteiger partial charge in [-0.15, -0.1) is 0 Å². The van der Waals surface area contributed by atoms with Gasteiger partial charge in [-0.05, 0) is 12.8 Å². The van der Waals surface area contributed by atoms with Crippen molar-refractivity contribution in [3.8, 4) is 0 Å². The third-order valence-corrected chi connectivity index (χ3v) is 1.89. The lowest BCUT2D eigenvalue weighted by Crippen LogP contribution is -2.32. The molecule has 4 heteroatoms. The smallest absolute Gasteiger partial charge is 0.320 e. The second kappa shape index (κ2) is 4.57. The van der Waals surface area contributed by atoms with E-state index in [1.165, 1.54) is 0 Å². The van der Waals surface area contributed by atoms with Crippen LogP contribution in [0.25, 0.3) is 0 Å². The second-order valence-corrected chi connectivity index (χ2v) is 2.97. The molecule has 10 heavy (non-hydrogen) atoms. The molecule has 2 atom stereocenters. The zero-order valence-electron chi connectivity index (χ0n) is 5.95. The summed E-state index contributed by atoms with van der Waals surface area (Å²) in [5.74, 6) is -0.951. The first-order valence-corrected chi connectivity index (χ1v) is 3.76. The number of carboxylic acid groups (broad SMARTS) is 1. The van der Waals surface area contributed by atoms with Gasteiger partial charge in [0.2, 0.25) is 0 Å². The van der Waals surface area contributed by atoms with E-state index in [2.05, 4.69) is 12.6 Å². The predicted molar refractivity (Wildman–Crippen MR) is 43.3 cm³/mol. The van der Waals surface area contributed by atoms with E-state index < -0.39 is 12.0 Å². The van der Waals surface area contributed by atoms with Crippen molar-refractivity contribution in [3.63, 3.8) is 0 Å². The molecule has 3 N–H and O–H groups in total. The predicted octanol–water partition coefficient (Wildman–Crippen LogP) is 0.497. The minimum atomic E-state index is -0.951. The van der Waals surface area contributed by atoms with Gasteiger partial charge in [0.25, 0.3) is 0 Å². The maximum atomic E-state index is 10.2. The van der Waals surface area contributed by atoms with Gasteiger partial charge in [-0.3, -0.25) is 4.79 Å². The lowest BCUT2D eigenvalue weighted by Gasteiger charge is -2.10. The van der Waals surface area contributed by atoms with E-state index in [1.54, 1.807) is 0 Å². The van der Waals surface area contributed by atoms with Gasteiger partial charge >= 0.3 is 5.97 Å². The topological polar surface area (TPSA) is 63.3 Å². The van der Waals surface area contributed by atoms with Crippen LogP contribution in [0.5, 0.6) is 0 Å². The SMILES string of the molecule is CCC(S)CC(N)C(=O)O. The minimum absolute atomic E-state index is 0.103. The molecule has 3 nitrogen and oxygen atoms in total. The number of rotatable bonds is 4. The highest BCUT2D eigenvalue weighted by Crippen LogP contribution is 2.07. The highest BCUT2D eigenvalue weighted by atomic mass is 32.1. The Balaban J connectivity index is 3.56. The van der Waals surface area contributed by atoms with Crippen molar-refractivity contribution >= 4 is 18.6 Å². The molecular weight excluding hydrogens is 150 g/mol. The van der Waals surface area contributed by atoms with Crippen molar-refractivity contribution in [2.24, 2.45) is 5.73 Å². The third-order valence-electron chi connectivity index (χ3n) is 1.31. The molecule has 60 valence electrons. The average Bonchev–Trinajstić information content (AvgIpc) is 1.87. The van der Waals surface area contributed by atoms with Gasteiger partial charge in [0, 0.05) is 5.25 Å². The van der Waals surface area contributed by atoms with Crippen molar-refractivity contribution in [1.29, 1.82) is 0 Å². The number of nitrogens with two attached hydrogens (primary N) is 1. The van der Waals surface area contributed by atoms with Gasteiger partial charge in [-0.25, -0.2) is 0 Å². The van der Waals surface area contributed by atoms with Gasteiger partial charge in [0.1, 0.15) is 6.04 Å². The molecule has 0 amide bonds. The molecule has 0 bridgehead atoms. The lowest BCUT2D eigenvalue weighted by molar-refractivity contribution is -0.138. The van der Waals surface area contributed by atoms with Crippen LogP contribution in [-0.2, 0) is 4.79 Å². The van der Waals surface area contributed by atoms with Crippen LogP contribution in [0.2, 0.25) is 0 Å². The van der Waals surface area contributed by atoms with Crippen molar-refractivity contribution in [1.82, 2.24) is 0 Å². The van der Waals surface area contributed by atoms with Crippen LogP contribution < -0.4 is 5.73 Å². The summed E-state index contributed by atoms with van der Waals surface area (Å²) in [4.78, 5) is 10.2. The Labute approximate surface area is 66.0 Å². The summed E-state index contributed by atoms with van der Waals surface area (Å²) in [6.07, 6.45) is 1.29. The van der Waals surface area contributed by atoms with Crippen LogP contribution in [-0.4, -0.2) is 22.4 Å². The lowest BCUT2D eigenvalue weighted by atomic mass is 10.1. The van der Waals surface area contributed by atoms with Crippen molar-refractivity contribution in [3.05, 3.63) is 0 Å². The van der Waals surface area contributed by atoms with E-state index in [0.717, 1.165) is 6.42 Å². The number of hydrogen-bond donors (Lipinski definition) is 3. The zero-order valence-corrected chi connectivity index (χ0v) is 6.84. The first-order chi connectivity index (χ1) is 4.57. The monoisotopic (exact) mass is 163 g/mol. The molecule has 0 aliphatic heterocycles. The van der Waals surface area contributed by atoms with Crippen LogP contribution in [0.1, 0.15) is 19.8 Å². The normalized spacial score (nSPS) is 16.3. The number of carbonyl (C=O) groups is 1. The Kier molecular flexibility index (Phi) is 4.47. The molecule has 0 aromatic carbocycles. The average molecular weight is 163 g/mol. The number of thiol groups is 1. The summed E-state index contributed by atoms with van der Waals surface area (Å²) >= 11 is 4.12. The summed E-state index contributed by atoms with van der Waals surface area (Å²) in [6.45, 7) is 1.95. The summed E-state index contributed by atoms with van der Waals surface area (Å²) < 4.78 is 0. The highest BCUT2D eigenvalue weighted by Gasteiger charge is 2.14. The van der Waals surface area contributed by atoms with E-state index >= 15 is 0 Å². The molecule has 0 aliphatic rings. The Hall–Kier alpha value is -0.220. The Morgan fingerprint density at radius 3 is 2.60 bits per heavy atom. The van der Waals surface area contributed by atoms with Crippen molar-refractivity contribution in [2.75, 3.05) is 0 Å². The first-order valence-electron chi connectivity index (χ1n) is 3.24. The molecule has 0 heterocycles. The van der Waals surface area contributed by atoms with E-state index in [-0.39, 0.29) is 5.25 Å². The minimum Gasteiger partial charge on any atom is -0.480 e. The number of aliphatic carboxylic acids is 1. The number of hydrogen-bond acceptors (Lipinski definition) is 3. The summed E-state index contributed by atoms with van der Waals surface area (Å²) in [6, 6.07) is -0.762. The molecule has 0 aromatic rings. The fourth-order valence-electron chi connectivity index (χ4n) is 0.561. The molecule has 0 saturated heterocycles. The molecule has 0 saturated carbocycles. The van der Waals surface area contributed by atoms with Crippen molar-refractivity contribution < 1.29 is 9.90 Å². The summed E-state index contributed by atoms with van der Waals surface area (Å²) in [5.41, 5.74) is 5.24. The Morgan fingerprint density at radius 1 is 1.80 bits per heavy atom. The summed E-state index contributed by atoms with van der Waals surface area (Å²) in [5, 5.41) is 8.47. The molecular formula is C6H13NO2S. The van der Waals surface area contributed by atoms with E-state index in [4.69, 9.17) is 10.8 Å². The van der Waals surface area contributed by atoms with Crippen LogP contribution in [0, 0.1) is 0 Å². The van der Waals surface area contributed by atoms with Gasteiger partial charge < -0.3 is 10.8 Å². The highest BCUT2D eigenvalue weighted by molar-refractivity contribution is 7.80. The summed E-state index contributed by atoms with van der Waals surface area (Å²) in [7, 11) is 0. The van der Waals surface area contributed by atoms with Gasteiger partial charge in [-0.1, -0.05) is 6.92 Å². The molecule has 2 unspecified atom stereocenters. The van der Waals surface area contributed by atoms with E-state index in [1.807, 2.05) is 6.92 Å². The zero-order chi connectivity index (χ0) is 8.15. The van der Waals surface area contributed by atoms with E-state index in [9.17, 15) is 4.79 Å². The Morgan fingerprint density at radius 2 is 2.30 bits per heavy atom. The van der Waals surface area contributed by atoms with Crippen LogP contribution in [0.15, 0.2) is 0 Å². The van der Waals surface area contributed by atoms with Crippen LogP contribution >= 0.6 is 12.6 Å². The molecule has 0 aliphatic carbocycles. The van der Waals surface area contributed by atoms with Crippen LogP contribution in [0.3, 0.4) is 0 Å². The first kappa shape index (κ1) is 9.78. The van der Waals surface area contributed by atoms with Gasteiger partial charge in [-0.2, -0.15) is 12.6 Å². The molecule has 0 rings (SSSR count). The molecule has 0 radical (unpaired) electrons. The number of carboxylic acids is 1. The molecule has 0 spiro atoms. The van der Waals surface area contributed by atoms with Crippen LogP contribution in [0.4, 0.5) is 0 Å². The quantitative estimate of drug-likeness (QED) is 0.529. The maximum absolute atomic E-state index is 10.2. The maximum Gasteiger partial charge on any atom is 0.320 e. The van der Waals surface area contributed by atoms with Crippen molar-refractivity contribution in [2.45, 2.75) is 31.1 Å². The molecule has 0 fully saturated rings.